The molecule has 3 heterocycles. The lowest BCUT2D eigenvalue weighted by molar-refractivity contribution is -0.137. The van der Waals surface area contributed by atoms with E-state index in [9.17, 15) is 18.7 Å². The van der Waals surface area contributed by atoms with Gasteiger partial charge >= 0.3 is 0 Å². The molecule has 2 aromatic carbocycles. The van der Waals surface area contributed by atoms with Crippen molar-refractivity contribution in [2.24, 2.45) is 7.05 Å². The Hall–Kier alpha value is -3.59. The van der Waals surface area contributed by atoms with Crippen molar-refractivity contribution in [3.05, 3.63) is 66.3 Å². The van der Waals surface area contributed by atoms with Crippen LogP contribution in [0.25, 0.3) is 22.2 Å². The highest BCUT2D eigenvalue weighted by atomic mass is 19.1. The van der Waals surface area contributed by atoms with E-state index in [1.165, 1.54) is 34.2 Å². The molecule has 1 fully saturated rings. The summed E-state index contributed by atoms with van der Waals surface area (Å²) in [6, 6.07) is 6.17. The lowest BCUT2D eigenvalue weighted by atomic mass is 9.88. The number of fused-ring (bicyclic) bond motifs is 1. The average Bonchev–Trinajstić information content (AvgIpc) is 3.34. The normalized spacial score (nSPS) is 19.0. The lowest BCUT2D eigenvalue weighted by Crippen LogP contribution is -2.59. The first kappa shape index (κ1) is 17.5. The summed E-state index contributed by atoms with van der Waals surface area (Å²) in [6.07, 6.45) is 3.12. The number of β-lactam (4-membered cyclic amide) rings is 1. The molecular formula is C20H15F2N5O2. The highest BCUT2D eigenvalue weighted by Crippen LogP contribution is 2.42. The number of aromatic amines is 1. The second-order valence-corrected chi connectivity index (χ2v) is 6.96. The van der Waals surface area contributed by atoms with Gasteiger partial charge in [-0.2, -0.15) is 5.10 Å². The fourth-order valence-electron chi connectivity index (χ4n) is 3.73. The van der Waals surface area contributed by atoms with Crippen LogP contribution in [0, 0.1) is 11.6 Å². The van der Waals surface area contributed by atoms with Crippen LogP contribution < -0.4 is 4.90 Å². The van der Waals surface area contributed by atoms with E-state index < -0.39 is 29.7 Å². The SMILES string of the molecule is Cn1cc(-c2cc(F)c(C3[C@@H](O)C(=O)N3c3ccc4nc[nH]c4c3)c(F)c2)cn1. The third kappa shape index (κ3) is 2.62. The second-order valence-electron chi connectivity index (χ2n) is 6.96. The Kier molecular flexibility index (Phi) is 3.75. The third-order valence-electron chi connectivity index (χ3n) is 5.16. The number of aliphatic hydroxyl groups excluding tert-OH is 1. The molecule has 9 heteroatoms. The number of nitrogens with zero attached hydrogens (tertiary/aromatic N) is 4. The number of carbonyl (C=O) groups is 1. The first-order valence-electron chi connectivity index (χ1n) is 8.86. The van der Waals surface area contributed by atoms with Crippen LogP contribution in [-0.2, 0) is 11.8 Å². The van der Waals surface area contributed by atoms with Crippen LogP contribution in [-0.4, -0.2) is 36.9 Å². The van der Waals surface area contributed by atoms with Gasteiger partial charge in [0.25, 0.3) is 5.91 Å². The maximum atomic E-state index is 14.9. The summed E-state index contributed by atoms with van der Waals surface area (Å²) in [4.78, 5) is 20.6. The summed E-state index contributed by atoms with van der Waals surface area (Å²) < 4.78 is 31.4. The number of imidazole rings is 1. The molecule has 1 unspecified atom stereocenters. The molecule has 1 aliphatic rings. The molecule has 1 saturated heterocycles. The number of nitrogens with one attached hydrogen (secondary N) is 1. The molecule has 2 atom stereocenters. The number of anilines is 1. The molecule has 2 N–H and O–H groups in total. The predicted molar refractivity (Wildman–Crippen MR) is 101 cm³/mol. The number of aryl methyl sites for hydroxylation is 1. The van der Waals surface area contributed by atoms with Gasteiger partial charge in [0, 0.05) is 30.1 Å². The summed E-state index contributed by atoms with van der Waals surface area (Å²) in [6.45, 7) is 0. The standard InChI is InChI=1S/C20H15F2N5O2/c1-26-8-11(7-25-26)10-4-13(21)17(14(22)5-10)18-19(28)20(29)27(18)12-2-3-15-16(6-12)24-9-23-15/h2-9,18-19,28H,1H3,(H,23,24)/t18?,19-/m1/s1. The predicted octanol–water partition coefficient (Wildman–Crippen LogP) is 2.69. The van der Waals surface area contributed by atoms with Crippen LogP contribution in [0.1, 0.15) is 11.6 Å². The molecule has 4 aromatic rings. The van der Waals surface area contributed by atoms with E-state index >= 15 is 0 Å². The molecule has 146 valence electrons. The van der Waals surface area contributed by atoms with E-state index in [1.807, 2.05) is 0 Å². The monoisotopic (exact) mass is 395 g/mol. The largest absolute Gasteiger partial charge is 0.381 e. The van der Waals surface area contributed by atoms with Gasteiger partial charge < -0.3 is 10.1 Å². The van der Waals surface area contributed by atoms with Crippen LogP contribution in [0.2, 0.25) is 0 Å². The van der Waals surface area contributed by atoms with Gasteiger partial charge in [-0.05, 0) is 35.9 Å². The number of halogens is 2. The maximum absolute atomic E-state index is 14.9. The van der Waals surface area contributed by atoms with Crippen molar-refractivity contribution in [1.82, 2.24) is 19.7 Å². The van der Waals surface area contributed by atoms with Crippen molar-refractivity contribution < 1.29 is 18.7 Å². The second kappa shape index (κ2) is 6.21. The van der Waals surface area contributed by atoms with Crippen molar-refractivity contribution in [3.8, 4) is 11.1 Å². The van der Waals surface area contributed by atoms with Gasteiger partial charge in [0.1, 0.15) is 17.7 Å². The average molecular weight is 395 g/mol. The van der Waals surface area contributed by atoms with Gasteiger partial charge in [-0.15, -0.1) is 0 Å². The van der Waals surface area contributed by atoms with Gasteiger partial charge in [0.05, 0.1) is 23.6 Å². The third-order valence-corrected chi connectivity index (χ3v) is 5.16. The van der Waals surface area contributed by atoms with E-state index in [-0.39, 0.29) is 5.56 Å². The van der Waals surface area contributed by atoms with E-state index in [4.69, 9.17) is 0 Å². The highest BCUT2D eigenvalue weighted by Gasteiger charge is 2.50. The van der Waals surface area contributed by atoms with Crippen LogP contribution in [0.3, 0.4) is 0 Å². The molecule has 5 rings (SSSR count). The van der Waals surface area contributed by atoms with Crippen LogP contribution >= 0.6 is 0 Å². The molecule has 1 amide bonds. The van der Waals surface area contributed by atoms with Gasteiger partial charge in [-0.3, -0.25) is 14.4 Å². The Balaban J connectivity index is 1.57. The first-order valence-corrected chi connectivity index (χ1v) is 8.86. The molecular weight excluding hydrogens is 380 g/mol. The fourth-order valence-corrected chi connectivity index (χ4v) is 3.73. The number of carbonyl (C=O) groups excluding carboxylic acids is 1. The molecule has 29 heavy (non-hydrogen) atoms. The quantitative estimate of drug-likeness (QED) is 0.522. The molecule has 0 spiro atoms. The first-order chi connectivity index (χ1) is 13.9. The number of rotatable bonds is 3. The topological polar surface area (TPSA) is 87.0 Å². The molecule has 0 aliphatic carbocycles. The van der Waals surface area contributed by atoms with Gasteiger partial charge in [-0.1, -0.05) is 0 Å². The number of benzene rings is 2. The molecule has 0 radical (unpaired) electrons. The molecule has 0 bridgehead atoms. The van der Waals surface area contributed by atoms with Gasteiger partial charge in [0.2, 0.25) is 0 Å². The summed E-state index contributed by atoms with van der Waals surface area (Å²) in [7, 11) is 1.70. The highest BCUT2D eigenvalue weighted by molar-refractivity contribution is 6.05. The van der Waals surface area contributed by atoms with Gasteiger partial charge in [-0.25, -0.2) is 13.8 Å². The van der Waals surface area contributed by atoms with E-state index in [2.05, 4.69) is 15.1 Å². The van der Waals surface area contributed by atoms with Crippen LogP contribution in [0.5, 0.6) is 0 Å². The Morgan fingerprint density at radius 2 is 1.90 bits per heavy atom. The summed E-state index contributed by atoms with van der Waals surface area (Å²) in [5.74, 6) is -2.30. The lowest BCUT2D eigenvalue weighted by Gasteiger charge is -2.44. The number of hydrogen-bond donors (Lipinski definition) is 2. The van der Waals surface area contributed by atoms with Crippen molar-refractivity contribution in [1.29, 1.82) is 0 Å². The zero-order chi connectivity index (χ0) is 20.3. The minimum absolute atomic E-state index is 0.322. The number of aromatic nitrogens is 4. The van der Waals surface area contributed by atoms with Gasteiger partial charge in [0.15, 0.2) is 6.10 Å². The Bertz CT molecular complexity index is 1240. The number of aliphatic hydroxyl groups is 1. The van der Waals surface area contributed by atoms with Crippen LogP contribution in [0.15, 0.2) is 49.1 Å². The maximum Gasteiger partial charge on any atom is 0.259 e. The molecule has 0 saturated carbocycles. The minimum atomic E-state index is -1.53. The fraction of sp³-hybridized carbons (Fsp3) is 0.150. The number of hydrogen-bond acceptors (Lipinski definition) is 4. The Morgan fingerprint density at radius 3 is 2.59 bits per heavy atom. The molecule has 1 aliphatic heterocycles. The zero-order valence-corrected chi connectivity index (χ0v) is 15.2. The summed E-state index contributed by atoms with van der Waals surface area (Å²) >= 11 is 0. The Labute approximate surface area is 163 Å². The number of amides is 1. The van der Waals surface area contributed by atoms with E-state index in [1.54, 1.807) is 31.4 Å². The van der Waals surface area contributed by atoms with Crippen molar-refractivity contribution >= 4 is 22.6 Å². The smallest absolute Gasteiger partial charge is 0.259 e. The molecule has 2 aromatic heterocycles. The zero-order valence-electron chi connectivity index (χ0n) is 15.2. The summed E-state index contributed by atoms with van der Waals surface area (Å²) in [5, 5.41) is 14.2. The van der Waals surface area contributed by atoms with Crippen molar-refractivity contribution in [3.63, 3.8) is 0 Å². The van der Waals surface area contributed by atoms with E-state index in [0.29, 0.717) is 27.8 Å². The molecule has 7 nitrogen and oxygen atoms in total. The Morgan fingerprint density at radius 1 is 1.14 bits per heavy atom. The van der Waals surface area contributed by atoms with E-state index in [0.717, 1.165) is 0 Å². The van der Waals surface area contributed by atoms with Crippen LogP contribution in [0.4, 0.5) is 14.5 Å². The minimum Gasteiger partial charge on any atom is -0.381 e. The van der Waals surface area contributed by atoms with Crippen molar-refractivity contribution in [2.45, 2.75) is 12.1 Å². The number of H-pyrrole nitrogens is 1. The van der Waals surface area contributed by atoms with Crippen molar-refractivity contribution in [2.75, 3.05) is 4.90 Å². The summed E-state index contributed by atoms with van der Waals surface area (Å²) in [5.41, 5.74) is 2.30.